The predicted molar refractivity (Wildman–Crippen MR) is 143 cm³/mol. The van der Waals surface area contributed by atoms with Gasteiger partial charge in [-0.2, -0.15) is 13.2 Å². The number of hydrogen-bond acceptors (Lipinski definition) is 5. The summed E-state index contributed by atoms with van der Waals surface area (Å²) in [6, 6.07) is 5.61. The highest BCUT2D eigenvalue weighted by Crippen LogP contribution is 2.35. The molecule has 0 bridgehead atoms. The normalized spacial score (nSPS) is 20.5. The second-order valence-electron chi connectivity index (χ2n) is 11.1. The first kappa shape index (κ1) is 27.7. The van der Waals surface area contributed by atoms with Crippen molar-refractivity contribution in [1.29, 1.82) is 0 Å². The summed E-state index contributed by atoms with van der Waals surface area (Å²) >= 11 is 0. The summed E-state index contributed by atoms with van der Waals surface area (Å²) in [5, 5.41) is 6.36. The van der Waals surface area contributed by atoms with Crippen molar-refractivity contribution < 1.29 is 22.7 Å². The summed E-state index contributed by atoms with van der Waals surface area (Å²) < 4.78 is 47.5. The molecule has 1 atom stereocenters. The fourth-order valence-corrected chi connectivity index (χ4v) is 5.95. The van der Waals surface area contributed by atoms with E-state index in [1.807, 2.05) is 0 Å². The molecular weight excluding hydrogens is 509 g/mol. The Morgan fingerprint density at radius 2 is 1.74 bits per heavy atom. The summed E-state index contributed by atoms with van der Waals surface area (Å²) in [5.74, 6) is -0.432. The van der Waals surface area contributed by atoms with Gasteiger partial charge in [-0.05, 0) is 69.6 Å². The molecule has 0 radical (unpaired) electrons. The Hall–Kier alpha value is -2.85. The van der Waals surface area contributed by atoms with Crippen LogP contribution in [-0.4, -0.2) is 53.8 Å². The first-order valence-corrected chi connectivity index (χ1v) is 13.9. The van der Waals surface area contributed by atoms with Gasteiger partial charge in [0.2, 0.25) is 0 Å². The van der Waals surface area contributed by atoms with E-state index >= 15 is 0 Å². The summed E-state index contributed by atoms with van der Waals surface area (Å²) in [6.07, 6.45) is 2.84. The van der Waals surface area contributed by atoms with Gasteiger partial charge in [0.25, 0.3) is 11.5 Å². The molecule has 1 saturated carbocycles. The van der Waals surface area contributed by atoms with Gasteiger partial charge in [-0.25, -0.2) is 0 Å². The van der Waals surface area contributed by atoms with Crippen molar-refractivity contribution in [2.45, 2.75) is 82.7 Å². The number of rotatable bonds is 7. The molecular formula is C29H37F3N4O3. The lowest BCUT2D eigenvalue weighted by molar-refractivity contribution is -0.138. The van der Waals surface area contributed by atoms with Crippen LogP contribution < -0.4 is 16.2 Å². The molecule has 2 saturated heterocycles. The van der Waals surface area contributed by atoms with Crippen LogP contribution in [0.15, 0.2) is 35.3 Å². The van der Waals surface area contributed by atoms with E-state index in [0.717, 1.165) is 32.0 Å². The monoisotopic (exact) mass is 546 g/mol. The Morgan fingerprint density at radius 1 is 1.05 bits per heavy atom. The molecule has 212 valence electrons. The van der Waals surface area contributed by atoms with Crippen LogP contribution in [0.1, 0.15) is 84.6 Å². The zero-order valence-corrected chi connectivity index (χ0v) is 22.5. The van der Waals surface area contributed by atoms with Crippen molar-refractivity contribution in [1.82, 2.24) is 14.8 Å². The number of alkyl halides is 3. The molecule has 2 N–H and O–H groups in total. The number of halogens is 3. The lowest BCUT2D eigenvalue weighted by Crippen LogP contribution is -2.41. The van der Waals surface area contributed by atoms with Crippen LogP contribution in [0, 0.1) is 6.92 Å². The average molecular weight is 547 g/mol. The lowest BCUT2D eigenvalue weighted by atomic mass is 9.97. The Morgan fingerprint density at radius 3 is 2.38 bits per heavy atom. The molecule has 2 aromatic rings. The predicted octanol–water partition coefficient (Wildman–Crippen LogP) is 5.06. The number of anilines is 1. The second-order valence-corrected chi connectivity index (χ2v) is 11.1. The zero-order valence-electron chi connectivity index (χ0n) is 22.5. The van der Waals surface area contributed by atoms with Gasteiger partial charge in [-0.15, -0.1) is 0 Å². The number of carbonyl (C=O) groups excluding carboxylic acids is 1. The third kappa shape index (κ3) is 6.32. The van der Waals surface area contributed by atoms with E-state index in [0.29, 0.717) is 48.9 Å². The number of ether oxygens (including phenoxy) is 1. The molecule has 10 heteroatoms. The van der Waals surface area contributed by atoms with Gasteiger partial charge in [0.05, 0.1) is 22.9 Å². The number of likely N-dealkylation sites (tertiary alicyclic amines) is 1. The van der Waals surface area contributed by atoms with Crippen molar-refractivity contribution in [3.05, 3.63) is 63.1 Å². The Balaban J connectivity index is 1.40. The van der Waals surface area contributed by atoms with Crippen molar-refractivity contribution in [2.75, 3.05) is 31.6 Å². The zero-order chi connectivity index (χ0) is 27.7. The lowest BCUT2D eigenvalue weighted by Gasteiger charge is -2.33. The van der Waals surface area contributed by atoms with E-state index in [1.165, 1.54) is 31.9 Å². The smallest absolute Gasteiger partial charge is 0.381 e. The number of amides is 1. The van der Waals surface area contributed by atoms with Crippen LogP contribution in [0.5, 0.6) is 0 Å². The van der Waals surface area contributed by atoms with Gasteiger partial charge in [-0.1, -0.05) is 12.1 Å². The maximum atomic E-state index is 13.7. The van der Waals surface area contributed by atoms with Crippen LogP contribution in [0.25, 0.3) is 0 Å². The van der Waals surface area contributed by atoms with Crippen molar-refractivity contribution in [2.24, 2.45) is 0 Å². The number of nitrogens with one attached hydrogen (secondary N) is 2. The van der Waals surface area contributed by atoms with Gasteiger partial charge < -0.3 is 24.8 Å². The maximum absolute atomic E-state index is 13.7. The van der Waals surface area contributed by atoms with Crippen LogP contribution in [0.3, 0.4) is 0 Å². The van der Waals surface area contributed by atoms with Crippen LogP contribution in [0.4, 0.5) is 18.9 Å². The standard InChI is InChI=1S/C29H37F3N4O3/c1-18-23(4-3-5-25(18)29(30,31)32)19(2)33-28(38)24-17-36(22-10-14-39-15-11-22)27(37)16-26(24)34-20-8-12-35(13-9-20)21-6-7-21/h3-5,16-17,19-22,34H,6-15H2,1-2H3,(H,33,38). The van der Waals surface area contributed by atoms with E-state index < -0.39 is 23.7 Å². The van der Waals surface area contributed by atoms with Crippen molar-refractivity contribution in [3.8, 4) is 0 Å². The SMILES string of the molecule is Cc1c(C(C)NC(=O)c2cn(C3CCOCC3)c(=O)cc2NC2CCN(C3CC3)CC2)cccc1C(F)(F)F. The fourth-order valence-electron chi connectivity index (χ4n) is 5.95. The largest absolute Gasteiger partial charge is 0.416 e. The Bertz CT molecular complexity index is 1240. The number of piperidine rings is 1. The summed E-state index contributed by atoms with van der Waals surface area (Å²) in [7, 11) is 0. The summed E-state index contributed by atoms with van der Waals surface area (Å²) in [4.78, 5) is 29.3. The molecule has 1 aromatic carbocycles. The minimum atomic E-state index is -4.48. The minimum Gasteiger partial charge on any atom is -0.381 e. The molecule has 39 heavy (non-hydrogen) atoms. The Kier molecular flexibility index (Phi) is 8.05. The topological polar surface area (TPSA) is 75.6 Å². The average Bonchev–Trinajstić information content (AvgIpc) is 3.75. The highest BCUT2D eigenvalue weighted by atomic mass is 19.4. The van der Waals surface area contributed by atoms with E-state index in [9.17, 15) is 22.8 Å². The van der Waals surface area contributed by atoms with E-state index in [1.54, 1.807) is 23.8 Å². The summed E-state index contributed by atoms with van der Waals surface area (Å²) in [5.41, 5.74) is 0.386. The quantitative estimate of drug-likeness (QED) is 0.508. The van der Waals surface area contributed by atoms with Crippen LogP contribution >= 0.6 is 0 Å². The first-order chi connectivity index (χ1) is 18.6. The fraction of sp³-hybridized carbons (Fsp3) is 0.586. The van der Waals surface area contributed by atoms with E-state index in [4.69, 9.17) is 4.74 Å². The number of carbonyl (C=O) groups is 1. The van der Waals surface area contributed by atoms with Gasteiger partial charge in [-0.3, -0.25) is 9.59 Å². The molecule has 3 heterocycles. The molecule has 1 unspecified atom stereocenters. The third-order valence-corrected chi connectivity index (χ3v) is 8.36. The highest BCUT2D eigenvalue weighted by molar-refractivity contribution is 5.99. The molecule has 7 nitrogen and oxygen atoms in total. The minimum absolute atomic E-state index is 0.0724. The first-order valence-electron chi connectivity index (χ1n) is 13.9. The third-order valence-electron chi connectivity index (χ3n) is 8.36. The molecule has 0 spiro atoms. The second kappa shape index (κ2) is 11.3. The van der Waals surface area contributed by atoms with Crippen molar-refractivity contribution in [3.63, 3.8) is 0 Å². The van der Waals surface area contributed by atoms with Gasteiger partial charge in [0.15, 0.2) is 0 Å². The molecule has 1 aromatic heterocycles. The molecule has 2 aliphatic heterocycles. The highest BCUT2D eigenvalue weighted by Gasteiger charge is 2.34. The van der Waals surface area contributed by atoms with Crippen molar-refractivity contribution >= 4 is 11.6 Å². The van der Waals surface area contributed by atoms with E-state index in [-0.39, 0.29) is 23.2 Å². The van der Waals surface area contributed by atoms with Gasteiger partial charge in [0.1, 0.15) is 0 Å². The van der Waals surface area contributed by atoms with Gasteiger partial charge >= 0.3 is 6.18 Å². The Labute approximate surface area is 226 Å². The number of benzene rings is 1. The van der Waals surface area contributed by atoms with Crippen LogP contribution in [-0.2, 0) is 10.9 Å². The van der Waals surface area contributed by atoms with Crippen LogP contribution in [0.2, 0.25) is 0 Å². The van der Waals surface area contributed by atoms with E-state index in [2.05, 4.69) is 15.5 Å². The number of aromatic nitrogens is 1. The molecule has 3 fully saturated rings. The molecule has 1 aliphatic carbocycles. The molecule has 5 rings (SSSR count). The molecule has 3 aliphatic rings. The summed E-state index contributed by atoms with van der Waals surface area (Å²) in [6.45, 7) is 6.15. The maximum Gasteiger partial charge on any atom is 0.416 e. The molecule has 1 amide bonds. The number of pyridine rings is 1. The van der Waals surface area contributed by atoms with Gasteiger partial charge in [0, 0.05) is 56.7 Å². The number of nitrogens with zero attached hydrogens (tertiary/aromatic N) is 2. The number of hydrogen-bond donors (Lipinski definition) is 2.